The average Bonchev–Trinajstić information content (AvgIpc) is 2.58. The highest BCUT2D eigenvalue weighted by molar-refractivity contribution is 7.13. The zero-order chi connectivity index (χ0) is 7.52. The van der Waals surface area contributed by atoms with Gasteiger partial charge in [-0.1, -0.05) is 0 Å². The van der Waals surface area contributed by atoms with Crippen LogP contribution in [0.5, 0.6) is 0 Å². The largest absolute Gasteiger partial charge is 0.252 e. The number of thiazole rings is 1. The lowest BCUT2D eigenvalue weighted by atomic mass is 10.5. The molecule has 4 nitrogen and oxygen atoms in total. The van der Waals surface area contributed by atoms with Crippen LogP contribution < -0.4 is 0 Å². The van der Waals surface area contributed by atoms with Crippen LogP contribution in [0.3, 0.4) is 0 Å². The third kappa shape index (κ3) is 1.22. The van der Waals surface area contributed by atoms with E-state index in [4.69, 9.17) is 0 Å². The van der Waals surface area contributed by atoms with Gasteiger partial charge in [0.1, 0.15) is 6.33 Å². The first kappa shape index (κ1) is 6.36. The molecule has 0 unspecified atom stereocenters. The van der Waals surface area contributed by atoms with E-state index in [1.807, 2.05) is 0 Å². The molecule has 0 aromatic carbocycles. The van der Waals surface area contributed by atoms with E-state index in [2.05, 4.69) is 26.3 Å². The first-order valence-corrected chi connectivity index (χ1v) is 3.79. The van der Waals surface area contributed by atoms with Gasteiger partial charge in [-0.3, -0.25) is 4.98 Å². The summed E-state index contributed by atoms with van der Waals surface area (Å²) in [4.78, 5) is 16.2. The van der Waals surface area contributed by atoms with Crippen molar-refractivity contribution < 1.29 is 0 Å². The monoisotopic (exact) mass is 163 g/mol. The topological polar surface area (TPSA) is 51.6 Å². The SMILES string of the molecule is [c]1ncnc(-c2cncs2)n1. The van der Waals surface area contributed by atoms with Gasteiger partial charge >= 0.3 is 0 Å². The molecule has 11 heavy (non-hydrogen) atoms. The maximum atomic E-state index is 3.94. The Morgan fingerprint density at radius 2 is 2.45 bits per heavy atom. The molecule has 0 bridgehead atoms. The summed E-state index contributed by atoms with van der Waals surface area (Å²) in [5.74, 6) is 0.627. The molecule has 2 rings (SSSR count). The van der Waals surface area contributed by atoms with Crippen LogP contribution in [-0.2, 0) is 0 Å². The minimum absolute atomic E-state index is 0.627. The molecule has 2 aromatic heterocycles. The summed E-state index contributed by atoms with van der Waals surface area (Å²) < 4.78 is 0. The summed E-state index contributed by atoms with van der Waals surface area (Å²) in [7, 11) is 0. The zero-order valence-electron chi connectivity index (χ0n) is 5.43. The van der Waals surface area contributed by atoms with Crippen LogP contribution in [0, 0.1) is 6.33 Å². The highest BCUT2D eigenvalue weighted by atomic mass is 32.1. The van der Waals surface area contributed by atoms with Crippen molar-refractivity contribution in [1.29, 1.82) is 0 Å². The Hall–Kier alpha value is -1.36. The van der Waals surface area contributed by atoms with E-state index < -0.39 is 0 Å². The quantitative estimate of drug-likeness (QED) is 0.623. The molecule has 0 saturated carbocycles. The van der Waals surface area contributed by atoms with Gasteiger partial charge in [0.05, 0.1) is 10.4 Å². The Morgan fingerprint density at radius 1 is 1.45 bits per heavy atom. The summed E-state index contributed by atoms with van der Waals surface area (Å²) in [5.41, 5.74) is 1.74. The Balaban J connectivity index is 2.46. The highest BCUT2D eigenvalue weighted by Crippen LogP contribution is 2.16. The minimum Gasteiger partial charge on any atom is -0.252 e. The van der Waals surface area contributed by atoms with Crippen LogP contribution in [0.25, 0.3) is 10.7 Å². The second-order valence-corrected chi connectivity index (χ2v) is 2.66. The standard InChI is InChI=1S/C6H3N4S/c1-5(11-4-7-1)6-9-2-8-3-10-6/h1-2,4H. The zero-order valence-corrected chi connectivity index (χ0v) is 6.25. The van der Waals surface area contributed by atoms with Crippen LogP contribution in [-0.4, -0.2) is 19.9 Å². The van der Waals surface area contributed by atoms with Crippen LogP contribution >= 0.6 is 11.3 Å². The normalized spacial score (nSPS) is 9.82. The van der Waals surface area contributed by atoms with E-state index in [-0.39, 0.29) is 0 Å². The molecule has 0 amide bonds. The molecule has 2 aromatic rings. The fourth-order valence-electron chi connectivity index (χ4n) is 0.659. The molecule has 0 fully saturated rings. The molecule has 0 aliphatic carbocycles. The van der Waals surface area contributed by atoms with E-state index in [0.717, 1.165) is 4.88 Å². The van der Waals surface area contributed by atoms with Gasteiger partial charge in [-0.05, 0) is 0 Å². The fourth-order valence-corrected chi connectivity index (χ4v) is 1.22. The third-order valence-corrected chi connectivity index (χ3v) is 1.87. The summed E-state index contributed by atoms with van der Waals surface area (Å²) in [6.07, 6.45) is 5.60. The summed E-state index contributed by atoms with van der Waals surface area (Å²) in [5, 5.41) is 0. The van der Waals surface area contributed by atoms with Gasteiger partial charge in [0, 0.05) is 6.20 Å². The van der Waals surface area contributed by atoms with E-state index in [9.17, 15) is 0 Å². The third-order valence-electron chi connectivity index (χ3n) is 1.10. The summed E-state index contributed by atoms with van der Waals surface area (Å²) >= 11 is 1.49. The number of hydrogen-bond donors (Lipinski definition) is 0. The molecule has 0 spiro atoms. The molecule has 0 saturated heterocycles. The van der Waals surface area contributed by atoms with Gasteiger partial charge in [0.25, 0.3) is 0 Å². The van der Waals surface area contributed by atoms with Gasteiger partial charge < -0.3 is 0 Å². The lowest BCUT2D eigenvalue weighted by Crippen LogP contribution is -1.86. The first-order valence-electron chi connectivity index (χ1n) is 2.91. The molecule has 0 aliphatic rings. The Bertz CT molecular complexity index is 318. The number of aromatic nitrogens is 4. The van der Waals surface area contributed by atoms with Crippen molar-refractivity contribution in [3.8, 4) is 10.7 Å². The molecule has 0 atom stereocenters. The molecule has 2 heterocycles. The van der Waals surface area contributed by atoms with Gasteiger partial charge in [-0.15, -0.1) is 11.3 Å². The molecule has 0 N–H and O–H groups in total. The molecule has 0 aliphatic heterocycles. The predicted octanol–water partition coefficient (Wildman–Crippen LogP) is 0.795. The van der Waals surface area contributed by atoms with Gasteiger partial charge in [-0.2, -0.15) is 0 Å². The van der Waals surface area contributed by atoms with Gasteiger partial charge in [-0.25, -0.2) is 15.0 Å². The molecular formula is C6H3N4S. The van der Waals surface area contributed by atoms with Crippen molar-refractivity contribution in [2.75, 3.05) is 0 Å². The van der Waals surface area contributed by atoms with E-state index in [1.165, 1.54) is 17.7 Å². The van der Waals surface area contributed by atoms with Crippen molar-refractivity contribution >= 4 is 11.3 Å². The second-order valence-electron chi connectivity index (χ2n) is 1.77. The van der Waals surface area contributed by atoms with E-state index in [0.29, 0.717) is 5.82 Å². The van der Waals surface area contributed by atoms with Gasteiger partial charge in [0.15, 0.2) is 5.82 Å². The fraction of sp³-hybridized carbons (Fsp3) is 0. The van der Waals surface area contributed by atoms with Crippen molar-refractivity contribution in [3.63, 3.8) is 0 Å². The predicted molar refractivity (Wildman–Crippen MR) is 39.8 cm³/mol. The molecule has 5 heteroatoms. The van der Waals surface area contributed by atoms with Crippen molar-refractivity contribution in [2.24, 2.45) is 0 Å². The van der Waals surface area contributed by atoms with E-state index >= 15 is 0 Å². The Kier molecular flexibility index (Phi) is 1.57. The minimum atomic E-state index is 0.627. The van der Waals surface area contributed by atoms with Crippen molar-refractivity contribution in [2.45, 2.75) is 0 Å². The number of nitrogens with zero attached hydrogens (tertiary/aromatic N) is 4. The van der Waals surface area contributed by atoms with Crippen molar-refractivity contribution in [3.05, 3.63) is 24.4 Å². The average molecular weight is 163 g/mol. The van der Waals surface area contributed by atoms with Crippen LogP contribution in [0.4, 0.5) is 0 Å². The number of hydrogen-bond acceptors (Lipinski definition) is 5. The Morgan fingerprint density at radius 3 is 3.09 bits per heavy atom. The van der Waals surface area contributed by atoms with Crippen molar-refractivity contribution in [1.82, 2.24) is 19.9 Å². The molecule has 1 radical (unpaired) electrons. The maximum absolute atomic E-state index is 3.94. The second kappa shape index (κ2) is 2.71. The summed E-state index contributed by atoms with van der Waals surface area (Å²) in [6, 6.07) is 0. The van der Waals surface area contributed by atoms with Crippen LogP contribution in [0.15, 0.2) is 18.0 Å². The van der Waals surface area contributed by atoms with Crippen LogP contribution in [0.2, 0.25) is 0 Å². The van der Waals surface area contributed by atoms with Gasteiger partial charge in [0.2, 0.25) is 6.33 Å². The lowest BCUT2D eigenvalue weighted by Gasteiger charge is -1.88. The summed E-state index contributed by atoms with van der Waals surface area (Å²) in [6.45, 7) is 0. The maximum Gasteiger partial charge on any atom is 0.201 e. The first-order chi connectivity index (χ1) is 5.47. The smallest absolute Gasteiger partial charge is 0.201 e. The lowest BCUT2D eigenvalue weighted by molar-refractivity contribution is 1.05. The molecule has 53 valence electrons. The Labute approximate surface area is 67.0 Å². The molecular weight excluding hydrogens is 160 g/mol. The van der Waals surface area contributed by atoms with Crippen LogP contribution in [0.1, 0.15) is 0 Å². The number of rotatable bonds is 1. The highest BCUT2D eigenvalue weighted by Gasteiger charge is 1.99. The van der Waals surface area contributed by atoms with E-state index in [1.54, 1.807) is 11.7 Å².